The molecule has 1 unspecified atom stereocenters. The van der Waals surface area contributed by atoms with Gasteiger partial charge in [0.25, 0.3) is 0 Å². The number of ether oxygens (including phenoxy) is 1. The maximum atomic E-state index is 11.5. The molecule has 4 heteroatoms. The summed E-state index contributed by atoms with van der Waals surface area (Å²) in [5, 5.41) is 6.38. The zero-order valence-electron chi connectivity index (χ0n) is 12.5. The van der Waals surface area contributed by atoms with Crippen molar-refractivity contribution in [2.24, 2.45) is 5.92 Å². The van der Waals surface area contributed by atoms with Crippen LogP contribution in [0.2, 0.25) is 0 Å². The summed E-state index contributed by atoms with van der Waals surface area (Å²) >= 11 is 0. The van der Waals surface area contributed by atoms with Crippen molar-refractivity contribution in [1.29, 1.82) is 0 Å². The predicted octanol–water partition coefficient (Wildman–Crippen LogP) is 2.18. The first-order valence-corrected chi connectivity index (χ1v) is 7.27. The van der Waals surface area contributed by atoms with E-state index < -0.39 is 0 Å². The first kappa shape index (κ1) is 14.9. The molecule has 0 aliphatic heterocycles. The van der Waals surface area contributed by atoms with Gasteiger partial charge in [-0.25, -0.2) is 0 Å². The second-order valence-electron chi connectivity index (χ2n) is 5.49. The molecule has 4 nitrogen and oxygen atoms in total. The maximum absolute atomic E-state index is 11.5. The molecule has 0 heterocycles. The highest BCUT2D eigenvalue weighted by molar-refractivity contribution is 5.80. The van der Waals surface area contributed by atoms with Crippen molar-refractivity contribution in [3.8, 4) is 5.75 Å². The molecule has 1 aromatic carbocycles. The minimum absolute atomic E-state index is 0.197. The van der Waals surface area contributed by atoms with Crippen LogP contribution in [0, 0.1) is 12.8 Å². The van der Waals surface area contributed by atoms with Gasteiger partial charge in [0.2, 0.25) is 5.91 Å². The Morgan fingerprint density at radius 1 is 1.40 bits per heavy atom. The molecule has 2 N–H and O–H groups in total. The molecule has 1 atom stereocenters. The van der Waals surface area contributed by atoms with Crippen LogP contribution in [0.1, 0.15) is 36.9 Å². The molecule has 1 aliphatic carbocycles. The molecule has 1 aliphatic rings. The van der Waals surface area contributed by atoms with Crippen LogP contribution in [0.25, 0.3) is 0 Å². The van der Waals surface area contributed by atoms with Crippen LogP contribution in [0.15, 0.2) is 18.2 Å². The van der Waals surface area contributed by atoms with Crippen molar-refractivity contribution in [3.05, 3.63) is 29.3 Å². The van der Waals surface area contributed by atoms with Crippen molar-refractivity contribution < 1.29 is 9.53 Å². The third-order valence-corrected chi connectivity index (χ3v) is 3.67. The number of aryl methyl sites for hydroxylation is 1. The Morgan fingerprint density at radius 3 is 2.80 bits per heavy atom. The first-order chi connectivity index (χ1) is 9.61. The third kappa shape index (κ3) is 3.97. The monoisotopic (exact) mass is 276 g/mol. The lowest BCUT2D eigenvalue weighted by molar-refractivity contribution is -0.122. The lowest BCUT2D eigenvalue weighted by atomic mass is 10.0. The van der Waals surface area contributed by atoms with Gasteiger partial charge in [-0.2, -0.15) is 0 Å². The minimum Gasteiger partial charge on any atom is -0.496 e. The van der Waals surface area contributed by atoms with Crippen LogP contribution < -0.4 is 15.4 Å². The molecular formula is C16H24N2O2. The van der Waals surface area contributed by atoms with Crippen LogP contribution >= 0.6 is 0 Å². The quantitative estimate of drug-likeness (QED) is 0.751. The number of carbonyl (C=O) groups excluding carboxylic acids is 1. The Bertz CT molecular complexity index is 470. The van der Waals surface area contributed by atoms with Crippen molar-refractivity contribution in [2.45, 2.75) is 32.7 Å². The van der Waals surface area contributed by atoms with E-state index in [2.05, 4.69) is 30.5 Å². The van der Waals surface area contributed by atoms with Gasteiger partial charge in [0.1, 0.15) is 5.75 Å². The summed E-state index contributed by atoms with van der Waals surface area (Å²) in [7, 11) is 1.69. The number of hydrogen-bond donors (Lipinski definition) is 2. The van der Waals surface area contributed by atoms with Crippen LogP contribution in [-0.4, -0.2) is 26.1 Å². The molecule has 0 spiro atoms. The summed E-state index contributed by atoms with van der Waals surface area (Å²) in [6.07, 6.45) is 2.10. The fourth-order valence-corrected chi connectivity index (χ4v) is 2.27. The summed E-state index contributed by atoms with van der Waals surface area (Å²) in [6.45, 7) is 5.62. The number of carbonyl (C=O) groups is 1. The van der Waals surface area contributed by atoms with Gasteiger partial charge in [-0.1, -0.05) is 17.7 Å². The molecule has 0 saturated heterocycles. The van der Waals surface area contributed by atoms with Gasteiger partial charge in [-0.3, -0.25) is 4.79 Å². The second-order valence-corrected chi connectivity index (χ2v) is 5.49. The number of nitrogens with one attached hydrogen (secondary N) is 2. The molecule has 1 saturated carbocycles. The Hall–Kier alpha value is -1.55. The highest BCUT2D eigenvalue weighted by atomic mass is 16.5. The molecule has 0 radical (unpaired) electrons. The van der Waals surface area contributed by atoms with E-state index in [9.17, 15) is 4.79 Å². The van der Waals surface area contributed by atoms with Crippen molar-refractivity contribution in [2.75, 3.05) is 20.2 Å². The summed E-state index contributed by atoms with van der Waals surface area (Å²) in [4.78, 5) is 11.5. The Labute approximate surface area is 120 Å². The standard InChI is InChI=1S/C16H24N2O2/c1-11-4-7-15(20-3)14(10-11)12(2)17-8-9-18-16(19)13-5-6-13/h4,7,10,12-13,17H,5-6,8-9H2,1-3H3,(H,18,19). The van der Waals surface area contributed by atoms with Crippen molar-refractivity contribution in [3.63, 3.8) is 0 Å². The van der Waals surface area contributed by atoms with Crippen LogP contribution in [0.4, 0.5) is 0 Å². The third-order valence-electron chi connectivity index (χ3n) is 3.67. The molecule has 1 aromatic rings. The first-order valence-electron chi connectivity index (χ1n) is 7.27. The number of methoxy groups -OCH3 is 1. The average Bonchev–Trinajstić information content (AvgIpc) is 3.27. The molecule has 1 fully saturated rings. The molecule has 2 rings (SSSR count). The van der Waals surface area contributed by atoms with Crippen LogP contribution in [0.5, 0.6) is 5.75 Å². The van der Waals surface area contributed by atoms with Gasteiger partial charge in [0.15, 0.2) is 0 Å². The number of hydrogen-bond acceptors (Lipinski definition) is 3. The van der Waals surface area contributed by atoms with Crippen molar-refractivity contribution >= 4 is 5.91 Å². The Balaban J connectivity index is 1.80. The van der Waals surface area contributed by atoms with Gasteiger partial charge in [-0.15, -0.1) is 0 Å². The van der Waals surface area contributed by atoms with Crippen molar-refractivity contribution in [1.82, 2.24) is 10.6 Å². The topological polar surface area (TPSA) is 50.4 Å². The average molecular weight is 276 g/mol. The molecule has 110 valence electrons. The minimum atomic E-state index is 0.197. The molecular weight excluding hydrogens is 252 g/mol. The molecule has 0 aromatic heterocycles. The number of amides is 1. The molecule has 20 heavy (non-hydrogen) atoms. The zero-order chi connectivity index (χ0) is 14.5. The highest BCUT2D eigenvalue weighted by Crippen LogP contribution is 2.28. The van der Waals surface area contributed by atoms with Gasteiger partial charge in [-0.05, 0) is 32.8 Å². The van der Waals surface area contributed by atoms with Crippen LogP contribution in [0.3, 0.4) is 0 Å². The maximum Gasteiger partial charge on any atom is 0.223 e. The second kappa shape index (κ2) is 6.75. The van der Waals surface area contributed by atoms with E-state index in [1.807, 2.05) is 12.1 Å². The van der Waals surface area contributed by atoms with E-state index in [4.69, 9.17) is 4.74 Å². The van der Waals surface area contributed by atoms with E-state index >= 15 is 0 Å². The van der Waals surface area contributed by atoms with E-state index in [1.54, 1.807) is 7.11 Å². The Kier molecular flexibility index (Phi) is 5.01. The lowest BCUT2D eigenvalue weighted by Gasteiger charge is -2.18. The molecule has 0 bridgehead atoms. The SMILES string of the molecule is COc1ccc(C)cc1C(C)NCCNC(=O)C1CC1. The largest absolute Gasteiger partial charge is 0.496 e. The fraction of sp³-hybridized carbons (Fsp3) is 0.562. The number of benzene rings is 1. The van der Waals surface area contributed by atoms with Gasteiger partial charge >= 0.3 is 0 Å². The van der Waals surface area contributed by atoms with E-state index in [1.165, 1.54) is 5.56 Å². The highest BCUT2D eigenvalue weighted by Gasteiger charge is 2.28. The summed E-state index contributed by atoms with van der Waals surface area (Å²) in [6, 6.07) is 6.38. The van der Waals surface area contributed by atoms with E-state index in [-0.39, 0.29) is 17.9 Å². The fourth-order valence-electron chi connectivity index (χ4n) is 2.27. The summed E-state index contributed by atoms with van der Waals surface area (Å²) in [5.74, 6) is 1.38. The Morgan fingerprint density at radius 2 is 2.15 bits per heavy atom. The van der Waals surface area contributed by atoms with Crippen LogP contribution in [-0.2, 0) is 4.79 Å². The van der Waals surface area contributed by atoms with Gasteiger partial charge in [0, 0.05) is 30.6 Å². The molecule has 1 amide bonds. The zero-order valence-corrected chi connectivity index (χ0v) is 12.5. The van der Waals surface area contributed by atoms with Gasteiger partial charge < -0.3 is 15.4 Å². The predicted molar refractivity (Wildman–Crippen MR) is 79.9 cm³/mol. The summed E-state index contributed by atoms with van der Waals surface area (Å²) in [5.41, 5.74) is 2.37. The van der Waals surface area contributed by atoms with Gasteiger partial charge in [0.05, 0.1) is 7.11 Å². The smallest absolute Gasteiger partial charge is 0.223 e. The summed E-state index contributed by atoms with van der Waals surface area (Å²) < 4.78 is 5.40. The van der Waals surface area contributed by atoms with E-state index in [0.717, 1.165) is 30.7 Å². The number of rotatable bonds is 7. The van der Waals surface area contributed by atoms with E-state index in [0.29, 0.717) is 6.54 Å². The normalized spacial score (nSPS) is 15.8. The lowest BCUT2D eigenvalue weighted by Crippen LogP contribution is -2.33.